The lowest BCUT2D eigenvalue weighted by Gasteiger charge is -2.21. The van der Waals surface area contributed by atoms with Crippen molar-refractivity contribution in [1.29, 1.82) is 0 Å². The first kappa shape index (κ1) is 15.5. The summed E-state index contributed by atoms with van der Waals surface area (Å²) >= 11 is 9.58. The van der Waals surface area contributed by atoms with E-state index < -0.39 is 0 Å². The Bertz CT molecular complexity index is 438. The van der Waals surface area contributed by atoms with Gasteiger partial charge in [0.15, 0.2) is 5.78 Å². The summed E-state index contributed by atoms with van der Waals surface area (Å²) in [5, 5.41) is 0.655. The van der Waals surface area contributed by atoms with Gasteiger partial charge in [0.05, 0.1) is 11.9 Å². The average Bonchev–Trinajstić information content (AvgIpc) is 2.29. The van der Waals surface area contributed by atoms with E-state index in [1.165, 1.54) is 0 Å². The van der Waals surface area contributed by atoms with Gasteiger partial charge in [-0.2, -0.15) is 0 Å². The van der Waals surface area contributed by atoms with Crippen molar-refractivity contribution < 1.29 is 9.53 Å². The lowest BCUT2D eigenvalue weighted by atomic mass is 9.87. The number of alkyl halides is 1. The number of rotatable bonds is 4. The van der Waals surface area contributed by atoms with Gasteiger partial charge in [-0.15, -0.1) is 0 Å². The minimum atomic E-state index is -0.362. The first-order valence-corrected chi connectivity index (χ1v) is 7.06. The molecule has 0 aromatic heterocycles. The zero-order chi connectivity index (χ0) is 13.9. The van der Waals surface area contributed by atoms with Crippen LogP contribution in [-0.4, -0.2) is 17.7 Å². The van der Waals surface area contributed by atoms with E-state index in [9.17, 15) is 4.79 Å². The molecule has 0 amide bonds. The Kier molecular flexibility index (Phi) is 5.23. The van der Waals surface area contributed by atoms with Gasteiger partial charge in [0.1, 0.15) is 5.75 Å². The Balaban J connectivity index is 2.88. The van der Waals surface area contributed by atoms with Crippen molar-refractivity contribution in [3.8, 4) is 5.75 Å². The molecule has 1 unspecified atom stereocenters. The maximum absolute atomic E-state index is 12.1. The van der Waals surface area contributed by atoms with Crippen LogP contribution >= 0.6 is 27.5 Å². The molecule has 0 fully saturated rings. The molecule has 18 heavy (non-hydrogen) atoms. The van der Waals surface area contributed by atoms with E-state index in [1.807, 2.05) is 26.8 Å². The van der Waals surface area contributed by atoms with Crippen LogP contribution in [0.4, 0.5) is 0 Å². The Hall–Kier alpha value is -0.540. The standard InChI is InChI=1S/C14H18BrClO2/c1-14(2,3)13(17)11(15)8-9-7-10(18-4)5-6-12(9)16/h5-7,11H,8H2,1-4H3. The Morgan fingerprint density at radius 1 is 1.44 bits per heavy atom. The molecule has 0 saturated heterocycles. The van der Waals surface area contributed by atoms with E-state index in [1.54, 1.807) is 19.2 Å². The molecular weight excluding hydrogens is 316 g/mol. The molecule has 0 heterocycles. The monoisotopic (exact) mass is 332 g/mol. The second-order valence-corrected chi connectivity index (χ2v) is 6.76. The van der Waals surface area contributed by atoms with Gasteiger partial charge in [0, 0.05) is 10.4 Å². The van der Waals surface area contributed by atoms with Crippen LogP contribution in [0.2, 0.25) is 5.02 Å². The highest BCUT2D eigenvalue weighted by Gasteiger charge is 2.28. The summed E-state index contributed by atoms with van der Waals surface area (Å²) in [4.78, 5) is 11.9. The summed E-state index contributed by atoms with van der Waals surface area (Å²) in [7, 11) is 1.61. The summed E-state index contributed by atoms with van der Waals surface area (Å²) in [5.41, 5.74) is 0.551. The van der Waals surface area contributed by atoms with Crippen LogP contribution in [0.25, 0.3) is 0 Å². The molecule has 0 aliphatic carbocycles. The van der Waals surface area contributed by atoms with Crippen LogP contribution in [-0.2, 0) is 11.2 Å². The van der Waals surface area contributed by atoms with E-state index in [0.717, 1.165) is 11.3 Å². The highest BCUT2D eigenvalue weighted by molar-refractivity contribution is 9.10. The van der Waals surface area contributed by atoms with Crippen molar-refractivity contribution in [2.75, 3.05) is 7.11 Å². The maximum Gasteiger partial charge on any atom is 0.152 e. The summed E-state index contributed by atoms with van der Waals surface area (Å²) in [6.07, 6.45) is 0.562. The Labute approximate surface area is 122 Å². The molecule has 0 N–H and O–H groups in total. The fourth-order valence-corrected chi connectivity index (χ4v) is 2.82. The normalized spacial score (nSPS) is 13.2. The Morgan fingerprint density at radius 3 is 2.56 bits per heavy atom. The minimum absolute atomic E-state index is 0.168. The number of carbonyl (C=O) groups excluding carboxylic acids is 1. The SMILES string of the molecule is COc1ccc(Cl)c(CC(Br)C(=O)C(C)(C)C)c1. The molecule has 1 rings (SSSR count). The van der Waals surface area contributed by atoms with Gasteiger partial charge in [-0.05, 0) is 30.2 Å². The number of hydrogen-bond acceptors (Lipinski definition) is 2. The van der Waals surface area contributed by atoms with Crippen LogP contribution in [0, 0.1) is 5.41 Å². The van der Waals surface area contributed by atoms with Gasteiger partial charge in [0.2, 0.25) is 0 Å². The third kappa shape index (κ3) is 3.99. The lowest BCUT2D eigenvalue weighted by molar-refractivity contribution is -0.125. The average molecular weight is 334 g/mol. The number of Topliss-reactive ketones (excluding diaryl/α,β-unsaturated/α-hetero) is 1. The molecule has 0 spiro atoms. The first-order chi connectivity index (χ1) is 8.25. The predicted molar refractivity (Wildman–Crippen MR) is 78.9 cm³/mol. The fraction of sp³-hybridized carbons (Fsp3) is 0.500. The highest BCUT2D eigenvalue weighted by atomic mass is 79.9. The van der Waals surface area contributed by atoms with Gasteiger partial charge >= 0.3 is 0 Å². The smallest absolute Gasteiger partial charge is 0.152 e. The van der Waals surface area contributed by atoms with Crippen molar-refractivity contribution in [2.24, 2.45) is 5.41 Å². The van der Waals surface area contributed by atoms with Crippen molar-refractivity contribution >= 4 is 33.3 Å². The lowest BCUT2D eigenvalue weighted by Crippen LogP contribution is -2.30. The van der Waals surface area contributed by atoms with E-state index in [0.29, 0.717) is 11.4 Å². The summed E-state index contributed by atoms with van der Waals surface area (Å²) in [5.74, 6) is 0.915. The molecule has 2 nitrogen and oxygen atoms in total. The molecule has 100 valence electrons. The largest absolute Gasteiger partial charge is 0.497 e. The van der Waals surface area contributed by atoms with Gasteiger partial charge < -0.3 is 4.74 Å². The van der Waals surface area contributed by atoms with Gasteiger partial charge in [-0.1, -0.05) is 48.3 Å². The number of hydrogen-bond donors (Lipinski definition) is 0. The van der Waals surface area contributed by atoms with Crippen LogP contribution in [0.5, 0.6) is 5.75 Å². The molecule has 0 aliphatic rings. The van der Waals surface area contributed by atoms with Crippen molar-refractivity contribution in [2.45, 2.75) is 32.0 Å². The second-order valence-electron chi connectivity index (χ2n) is 5.24. The van der Waals surface area contributed by atoms with E-state index in [-0.39, 0.29) is 16.0 Å². The molecule has 4 heteroatoms. The minimum Gasteiger partial charge on any atom is -0.497 e. The molecular formula is C14H18BrClO2. The zero-order valence-electron chi connectivity index (χ0n) is 11.1. The first-order valence-electron chi connectivity index (χ1n) is 5.76. The fourth-order valence-electron chi connectivity index (χ4n) is 1.59. The van der Waals surface area contributed by atoms with Gasteiger partial charge in [-0.25, -0.2) is 0 Å². The Morgan fingerprint density at radius 2 is 2.06 bits per heavy atom. The van der Waals surface area contributed by atoms with Gasteiger partial charge in [0.25, 0.3) is 0 Å². The predicted octanol–water partition coefficient (Wildman–Crippen LogP) is 4.27. The van der Waals surface area contributed by atoms with Crippen molar-refractivity contribution in [1.82, 2.24) is 0 Å². The number of methoxy groups -OCH3 is 1. The molecule has 0 bridgehead atoms. The zero-order valence-corrected chi connectivity index (χ0v) is 13.4. The third-order valence-electron chi connectivity index (χ3n) is 2.68. The van der Waals surface area contributed by atoms with Gasteiger partial charge in [-0.3, -0.25) is 4.79 Å². The third-order valence-corrected chi connectivity index (χ3v) is 3.78. The van der Waals surface area contributed by atoms with E-state index in [2.05, 4.69) is 15.9 Å². The van der Waals surface area contributed by atoms with Crippen LogP contribution in [0.15, 0.2) is 18.2 Å². The molecule has 1 aromatic rings. The quantitative estimate of drug-likeness (QED) is 0.769. The summed E-state index contributed by atoms with van der Waals surface area (Å²) in [6, 6.07) is 5.46. The molecule has 0 saturated carbocycles. The summed E-state index contributed by atoms with van der Waals surface area (Å²) in [6.45, 7) is 5.74. The number of ketones is 1. The van der Waals surface area contributed by atoms with Crippen molar-refractivity contribution in [3.05, 3.63) is 28.8 Å². The highest BCUT2D eigenvalue weighted by Crippen LogP contribution is 2.28. The number of carbonyl (C=O) groups is 1. The van der Waals surface area contributed by atoms with Crippen molar-refractivity contribution in [3.63, 3.8) is 0 Å². The number of benzene rings is 1. The van der Waals surface area contributed by atoms with Crippen LogP contribution in [0.3, 0.4) is 0 Å². The summed E-state index contributed by atoms with van der Waals surface area (Å²) < 4.78 is 5.16. The topological polar surface area (TPSA) is 26.3 Å². The van der Waals surface area contributed by atoms with Crippen LogP contribution in [0.1, 0.15) is 26.3 Å². The number of ether oxygens (including phenoxy) is 1. The molecule has 1 aromatic carbocycles. The number of halogens is 2. The van der Waals surface area contributed by atoms with E-state index in [4.69, 9.17) is 16.3 Å². The molecule has 0 radical (unpaired) electrons. The molecule has 1 atom stereocenters. The second kappa shape index (κ2) is 6.07. The maximum atomic E-state index is 12.1. The van der Waals surface area contributed by atoms with Crippen LogP contribution < -0.4 is 4.74 Å². The van der Waals surface area contributed by atoms with E-state index >= 15 is 0 Å². The molecule has 0 aliphatic heterocycles.